The highest BCUT2D eigenvalue weighted by Crippen LogP contribution is 2.25. The maximum absolute atomic E-state index is 13.2. The minimum atomic E-state index is -1.18. The molecule has 0 aromatic heterocycles. The second-order valence-corrected chi connectivity index (χ2v) is 8.59. The monoisotopic (exact) mass is 482 g/mol. The summed E-state index contributed by atoms with van der Waals surface area (Å²) in [6.07, 6.45) is -0.962. The Kier molecular flexibility index (Phi) is 8.55. The largest absolute Gasteiger partial charge is 0.388 e. The number of hydrogen-bond acceptors (Lipinski definition) is 4. The van der Waals surface area contributed by atoms with Crippen molar-refractivity contribution < 1.29 is 19.4 Å². The summed E-state index contributed by atoms with van der Waals surface area (Å²) in [6, 6.07) is 26.8. The van der Waals surface area contributed by atoms with E-state index >= 15 is 0 Å². The Morgan fingerprint density at radius 3 is 2.03 bits per heavy atom. The first-order chi connectivity index (χ1) is 15.0. The maximum Gasteiger partial charge on any atom is 0.169 e. The zero-order chi connectivity index (χ0) is 22.1. The average Bonchev–Trinajstić information content (AvgIpc) is 2.79. The van der Waals surface area contributed by atoms with E-state index in [4.69, 9.17) is 9.47 Å². The van der Waals surface area contributed by atoms with E-state index in [1.54, 1.807) is 19.1 Å². The number of rotatable bonds is 11. The van der Waals surface area contributed by atoms with Crippen molar-refractivity contribution in [3.05, 3.63) is 106 Å². The zero-order valence-corrected chi connectivity index (χ0v) is 19.1. The lowest BCUT2D eigenvalue weighted by Crippen LogP contribution is -2.43. The Bertz CT molecular complexity index is 944. The molecule has 1 N–H and O–H groups in total. The number of ether oxygens (including phenoxy) is 2. The summed E-state index contributed by atoms with van der Waals surface area (Å²) in [5, 5.41) is 10.6. The Morgan fingerprint density at radius 1 is 0.903 bits per heavy atom. The van der Waals surface area contributed by atoms with Crippen molar-refractivity contribution in [1.82, 2.24) is 0 Å². The van der Waals surface area contributed by atoms with Gasteiger partial charge in [0.2, 0.25) is 0 Å². The quantitative estimate of drug-likeness (QED) is 0.384. The molecular formula is C26H27BrO4. The summed E-state index contributed by atoms with van der Waals surface area (Å²) < 4.78 is 12.9. The van der Waals surface area contributed by atoms with Gasteiger partial charge in [-0.05, 0) is 35.7 Å². The Labute approximate surface area is 192 Å². The van der Waals surface area contributed by atoms with Gasteiger partial charge in [0.05, 0.1) is 25.9 Å². The molecule has 2 atom stereocenters. The van der Waals surface area contributed by atoms with Gasteiger partial charge in [0.15, 0.2) is 5.78 Å². The second-order valence-electron chi connectivity index (χ2n) is 7.68. The van der Waals surface area contributed by atoms with Crippen LogP contribution < -0.4 is 0 Å². The molecule has 0 amide bonds. The number of halogens is 1. The third kappa shape index (κ3) is 7.11. The van der Waals surface area contributed by atoms with Crippen molar-refractivity contribution in [2.24, 2.45) is 0 Å². The Balaban J connectivity index is 1.67. The molecule has 0 fully saturated rings. The van der Waals surface area contributed by atoms with Crippen molar-refractivity contribution >= 4 is 21.7 Å². The van der Waals surface area contributed by atoms with Crippen molar-refractivity contribution in [1.29, 1.82) is 0 Å². The van der Waals surface area contributed by atoms with Gasteiger partial charge in [0.1, 0.15) is 5.60 Å². The summed E-state index contributed by atoms with van der Waals surface area (Å²) in [5.74, 6) is -0.202. The van der Waals surface area contributed by atoms with Crippen molar-refractivity contribution in [2.75, 3.05) is 6.61 Å². The lowest BCUT2D eigenvalue weighted by molar-refractivity contribution is -0.156. The molecule has 5 heteroatoms. The lowest BCUT2D eigenvalue weighted by atomic mass is 9.94. The van der Waals surface area contributed by atoms with E-state index in [1.807, 2.05) is 72.8 Å². The van der Waals surface area contributed by atoms with Gasteiger partial charge in [-0.25, -0.2) is 0 Å². The number of carbonyl (C=O) groups excluding carboxylic acids is 1. The minimum absolute atomic E-state index is 0.0539. The van der Waals surface area contributed by atoms with E-state index in [2.05, 4.69) is 15.9 Å². The van der Waals surface area contributed by atoms with Crippen LogP contribution in [-0.4, -0.2) is 23.1 Å². The van der Waals surface area contributed by atoms with E-state index in [9.17, 15) is 9.90 Å². The number of benzene rings is 3. The molecule has 0 radical (unpaired) electrons. The number of ketones is 1. The van der Waals surface area contributed by atoms with E-state index in [0.717, 1.165) is 15.6 Å². The normalized spacial score (nSPS) is 14.0. The van der Waals surface area contributed by atoms with E-state index in [-0.39, 0.29) is 25.4 Å². The summed E-state index contributed by atoms with van der Waals surface area (Å²) in [6.45, 7) is 2.50. The predicted octanol–water partition coefficient (Wildman–Crippen LogP) is 5.63. The van der Waals surface area contributed by atoms with Crippen molar-refractivity contribution in [3.8, 4) is 0 Å². The highest BCUT2D eigenvalue weighted by molar-refractivity contribution is 9.10. The molecule has 31 heavy (non-hydrogen) atoms. The SMILES string of the molecule is C[C@@](COCc1ccccc1)(OCc1ccccc1)C(=O)C[C@H](O)c1ccc(Br)cc1. The molecule has 162 valence electrons. The Morgan fingerprint density at radius 2 is 1.45 bits per heavy atom. The molecule has 0 saturated carbocycles. The van der Waals surface area contributed by atoms with Crippen LogP contribution in [0.4, 0.5) is 0 Å². The molecule has 0 heterocycles. The van der Waals surface area contributed by atoms with Gasteiger partial charge < -0.3 is 14.6 Å². The summed E-state index contributed by atoms with van der Waals surface area (Å²) >= 11 is 3.38. The molecule has 3 rings (SSSR count). The molecule has 0 bridgehead atoms. The van der Waals surface area contributed by atoms with Crippen LogP contribution in [0.25, 0.3) is 0 Å². The van der Waals surface area contributed by atoms with Crippen LogP contribution in [0.5, 0.6) is 0 Å². The van der Waals surface area contributed by atoms with Crippen molar-refractivity contribution in [2.45, 2.75) is 38.3 Å². The zero-order valence-electron chi connectivity index (χ0n) is 17.5. The topological polar surface area (TPSA) is 55.8 Å². The van der Waals surface area contributed by atoms with E-state index < -0.39 is 11.7 Å². The van der Waals surface area contributed by atoms with Gasteiger partial charge in [-0.2, -0.15) is 0 Å². The van der Waals surface area contributed by atoms with E-state index in [0.29, 0.717) is 12.2 Å². The van der Waals surface area contributed by atoms with Crippen LogP contribution in [0.1, 0.15) is 36.1 Å². The number of aliphatic hydroxyl groups excluding tert-OH is 1. The fourth-order valence-corrected chi connectivity index (χ4v) is 3.42. The minimum Gasteiger partial charge on any atom is -0.388 e. The number of hydrogen-bond donors (Lipinski definition) is 1. The van der Waals surface area contributed by atoms with Gasteiger partial charge in [-0.1, -0.05) is 88.7 Å². The molecule has 0 aliphatic heterocycles. The van der Waals surface area contributed by atoms with E-state index in [1.165, 1.54) is 0 Å². The molecular weight excluding hydrogens is 456 g/mol. The fraction of sp³-hybridized carbons (Fsp3) is 0.269. The van der Waals surface area contributed by atoms with Gasteiger partial charge in [0.25, 0.3) is 0 Å². The molecule has 4 nitrogen and oxygen atoms in total. The second kappa shape index (κ2) is 11.3. The molecule has 0 unspecified atom stereocenters. The Hall–Kier alpha value is -2.31. The van der Waals surface area contributed by atoms with Gasteiger partial charge in [-0.3, -0.25) is 4.79 Å². The summed E-state index contributed by atoms with van der Waals surface area (Å²) in [4.78, 5) is 13.2. The van der Waals surface area contributed by atoms with Crippen LogP contribution in [-0.2, 0) is 27.5 Å². The highest BCUT2D eigenvalue weighted by Gasteiger charge is 2.36. The number of Topliss-reactive ketones (excluding diaryl/α,β-unsaturated/α-hetero) is 1. The van der Waals surface area contributed by atoms with Gasteiger partial charge in [0, 0.05) is 10.9 Å². The first-order valence-electron chi connectivity index (χ1n) is 10.2. The van der Waals surface area contributed by atoms with Crippen LogP contribution in [0.3, 0.4) is 0 Å². The molecule has 0 spiro atoms. The smallest absolute Gasteiger partial charge is 0.169 e. The van der Waals surface area contributed by atoms with Crippen LogP contribution in [0.2, 0.25) is 0 Å². The standard InChI is InChI=1S/C26H27BrO4/c1-26(31-18-21-10-6-3-7-11-21,19-30-17-20-8-4-2-5-9-20)25(29)16-24(28)22-12-14-23(27)15-13-22/h2-15,24,28H,16-19H2,1H3/t24-,26-/m0/s1. The fourth-order valence-electron chi connectivity index (χ4n) is 3.15. The van der Waals surface area contributed by atoms with Crippen LogP contribution >= 0.6 is 15.9 Å². The molecule has 0 saturated heterocycles. The summed E-state index contributed by atoms with van der Waals surface area (Å²) in [7, 11) is 0. The molecule has 0 aliphatic carbocycles. The van der Waals surface area contributed by atoms with Crippen molar-refractivity contribution in [3.63, 3.8) is 0 Å². The highest BCUT2D eigenvalue weighted by atomic mass is 79.9. The number of aliphatic hydroxyl groups is 1. The first kappa shape index (κ1) is 23.4. The average molecular weight is 483 g/mol. The molecule has 3 aromatic carbocycles. The first-order valence-corrected chi connectivity index (χ1v) is 11.0. The lowest BCUT2D eigenvalue weighted by Gasteiger charge is -2.29. The van der Waals surface area contributed by atoms with Crippen LogP contribution in [0.15, 0.2) is 89.4 Å². The number of carbonyl (C=O) groups is 1. The van der Waals surface area contributed by atoms with Gasteiger partial charge >= 0.3 is 0 Å². The maximum atomic E-state index is 13.2. The summed E-state index contributed by atoms with van der Waals surface area (Å²) in [5.41, 5.74) is 1.50. The third-order valence-electron chi connectivity index (χ3n) is 5.11. The molecule has 0 aliphatic rings. The van der Waals surface area contributed by atoms with Crippen LogP contribution in [0, 0.1) is 0 Å². The predicted molar refractivity (Wildman–Crippen MR) is 124 cm³/mol. The molecule has 3 aromatic rings. The third-order valence-corrected chi connectivity index (χ3v) is 5.64. The van der Waals surface area contributed by atoms with Gasteiger partial charge in [-0.15, -0.1) is 0 Å².